The van der Waals surface area contributed by atoms with Crippen LogP contribution in [0.15, 0.2) is 30.3 Å². The van der Waals surface area contributed by atoms with E-state index in [1.54, 1.807) is 16.7 Å². The molecule has 3 atom stereocenters. The minimum atomic E-state index is -0.358. The van der Waals surface area contributed by atoms with Gasteiger partial charge in [0.05, 0.1) is 11.9 Å². The van der Waals surface area contributed by atoms with E-state index in [0.717, 1.165) is 5.56 Å². The Morgan fingerprint density at radius 1 is 1.33 bits per heavy atom. The third-order valence-electron chi connectivity index (χ3n) is 4.35. The lowest BCUT2D eigenvalue weighted by molar-refractivity contribution is -0.138. The largest absolute Gasteiger partial charge is 0.350 e. The molecular formula is C18H27N3O2S. The first-order chi connectivity index (χ1) is 11.5. The maximum absolute atomic E-state index is 12.7. The number of likely N-dealkylation sites (N-methyl/N-ethyl adjacent to an activating group) is 1. The van der Waals surface area contributed by atoms with Crippen molar-refractivity contribution >= 4 is 23.6 Å². The maximum atomic E-state index is 12.7. The van der Waals surface area contributed by atoms with Crippen LogP contribution >= 0.6 is 11.8 Å². The van der Waals surface area contributed by atoms with Crippen LogP contribution in [0.3, 0.4) is 0 Å². The summed E-state index contributed by atoms with van der Waals surface area (Å²) in [5, 5.41) is 3.12. The third-order valence-corrected chi connectivity index (χ3v) is 5.36. The highest BCUT2D eigenvalue weighted by Gasteiger charge is 2.35. The van der Waals surface area contributed by atoms with Crippen molar-refractivity contribution < 1.29 is 9.59 Å². The average Bonchev–Trinajstić information content (AvgIpc) is 3.04. The van der Waals surface area contributed by atoms with Gasteiger partial charge in [-0.15, -0.1) is 11.8 Å². The molecule has 1 heterocycles. The second kappa shape index (κ2) is 8.53. The van der Waals surface area contributed by atoms with E-state index in [2.05, 4.69) is 22.3 Å². The van der Waals surface area contributed by atoms with Crippen LogP contribution in [0.25, 0.3) is 0 Å². The van der Waals surface area contributed by atoms with Crippen molar-refractivity contribution in [2.45, 2.75) is 38.4 Å². The van der Waals surface area contributed by atoms with Crippen molar-refractivity contribution in [3.63, 3.8) is 0 Å². The summed E-state index contributed by atoms with van der Waals surface area (Å²) >= 11 is 1.63. The van der Waals surface area contributed by atoms with Gasteiger partial charge in [-0.05, 0) is 26.6 Å². The molecule has 0 saturated carbocycles. The highest BCUT2D eigenvalue weighted by molar-refractivity contribution is 7.99. The quantitative estimate of drug-likeness (QED) is 0.855. The second-order valence-electron chi connectivity index (χ2n) is 6.35. The maximum Gasteiger partial charge on any atom is 0.243 e. The van der Waals surface area contributed by atoms with E-state index >= 15 is 0 Å². The summed E-state index contributed by atoms with van der Waals surface area (Å²) in [5.74, 6) is 1.26. The minimum Gasteiger partial charge on any atom is -0.350 e. The van der Waals surface area contributed by atoms with Crippen molar-refractivity contribution in [2.75, 3.05) is 25.7 Å². The summed E-state index contributed by atoms with van der Waals surface area (Å²) in [6.07, 6.45) is 0.435. The number of hydrogen-bond donors (Lipinski definition) is 1. The number of hydrogen-bond acceptors (Lipinski definition) is 4. The fourth-order valence-electron chi connectivity index (χ4n) is 3.19. The average molecular weight is 350 g/mol. The molecule has 1 N–H and O–H groups in total. The molecule has 1 aromatic carbocycles. The fourth-order valence-corrected chi connectivity index (χ4v) is 4.37. The Balaban J connectivity index is 2.08. The van der Waals surface area contributed by atoms with E-state index < -0.39 is 0 Å². The number of nitrogens with one attached hydrogen (secondary N) is 1. The Bertz CT molecular complexity index is 565. The lowest BCUT2D eigenvalue weighted by Gasteiger charge is -2.32. The number of amides is 2. The third kappa shape index (κ3) is 4.30. The summed E-state index contributed by atoms with van der Waals surface area (Å²) in [6, 6.07) is 9.83. The topological polar surface area (TPSA) is 52.7 Å². The molecule has 0 spiro atoms. The Morgan fingerprint density at radius 2 is 2.00 bits per heavy atom. The molecule has 0 aliphatic carbocycles. The molecule has 2 amide bonds. The van der Waals surface area contributed by atoms with Gasteiger partial charge in [0, 0.05) is 18.2 Å². The van der Waals surface area contributed by atoms with Crippen LogP contribution in [0.5, 0.6) is 0 Å². The van der Waals surface area contributed by atoms with Crippen molar-refractivity contribution in [2.24, 2.45) is 0 Å². The number of carbonyl (C=O) groups excluding carboxylic acids is 2. The van der Waals surface area contributed by atoms with Crippen LogP contribution in [0.2, 0.25) is 0 Å². The first-order valence-electron chi connectivity index (χ1n) is 8.34. The Labute approximate surface area is 148 Å². The van der Waals surface area contributed by atoms with Crippen LogP contribution < -0.4 is 5.32 Å². The number of carbonyl (C=O) groups is 2. The van der Waals surface area contributed by atoms with Crippen molar-refractivity contribution in [1.29, 1.82) is 0 Å². The lowest BCUT2D eigenvalue weighted by Crippen LogP contribution is -2.51. The summed E-state index contributed by atoms with van der Waals surface area (Å²) in [6.45, 7) is 3.85. The normalized spacial score (nSPS) is 20.0. The molecule has 24 heavy (non-hydrogen) atoms. The zero-order valence-electron chi connectivity index (χ0n) is 14.9. The molecule has 1 aliphatic rings. The van der Waals surface area contributed by atoms with Crippen LogP contribution in [0, 0.1) is 0 Å². The first-order valence-corrected chi connectivity index (χ1v) is 9.50. The van der Waals surface area contributed by atoms with E-state index in [4.69, 9.17) is 0 Å². The molecule has 1 fully saturated rings. The fraction of sp³-hybridized carbons (Fsp3) is 0.556. The zero-order chi connectivity index (χ0) is 17.7. The number of benzene rings is 1. The van der Waals surface area contributed by atoms with Crippen molar-refractivity contribution in [1.82, 2.24) is 15.1 Å². The first kappa shape index (κ1) is 18.8. The molecule has 0 radical (unpaired) electrons. The van der Waals surface area contributed by atoms with E-state index in [1.165, 1.54) is 0 Å². The molecule has 0 aromatic heterocycles. The zero-order valence-corrected chi connectivity index (χ0v) is 15.7. The van der Waals surface area contributed by atoms with E-state index in [0.29, 0.717) is 18.1 Å². The van der Waals surface area contributed by atoms with Crippen molar-refractivity contribution in [3.8, 4) is 0 Å². The Kier molecular flexibility index (Phi) is 6.69. The molecule has 1 aromatic rings. The van der Waals surface area contributed by atoms with Gasteiger partial charge < -0.3 is 15.1 Å². The molecule has 1 saturated heterocycles. The van der Waals surface area contributed by atoms with Gasteiger partial charge in [0.2, 0.25) is 11.8 Å². The van der Waals surface area contributed by atoms with Gasteiger partial charge in [0.25, 0.3) is 0 Å². The highest BCUT2D eigenvalue weighted by atomic mass is 32.2. The molecule has 2 rings (SSSR count). The van der Waals surface area contributed by atoms with Gasteiger partial charge >= 0.3 is 0 Å². The SMILES string of the molecule is CCC(=O)N1CSC[C@@H]1C(=O)N[C@H](C)[C@@H](c1ccccc1)N(C)C. The van der Waals surface area contributed by atoms with E-state index in [1.807, 2.05) is 46.1 Å². The lowest BCUT2D eigenvalue weighted by atomic mass is 9.99. The van der Waals surface area contributed by atoms with Crippen LogP contribution in [0.4, 0.5) is 0 Å². The predicted molar refractivity (Wildman–Crippen MR) is 98.7 cm³/mol. The standard InChI is InChI=1S/C18H27N3O2S/c1-5-16(22)21-12-24-11-15(21)18(23)19-13(2)17(20(3)4)14-9-7-6-8-10-14/h6-10,13,15,17H,5,11-12H2,1-4H3,(H,19,23)/t13-,15-,17+/m1/s1. The Morgan fingerprint density at radius 3 is 2.58 bits per heavy atom. The number of nitrogens with zero attached hydrogens (tertiary/aromatic N) is 2. The summed E-state index contributed by atoms with van der Waals surface area (Å²) in [7, 11) is 4.03. The number of rotatable bonds is 6. The summed E-state index contributed by atoms with van der Waals surface area (Å²) in [5.41, 5.74) is 1.16. The predicted octanol–water partition coefficient (Wildman–Crippen LogP) is 2.11. The monoisotopic (exact) mass is 349 g/mol. The van der Waals surface area contributed by atoms with E-state index in [-0.39, 0.29) is 29.9 Å². The van der Waals surface area contributed by atoms with Gasteiger partial charge in [0.1, 0.15) is 6.04 Å². The van der Waals surface area contributed by atoms with Gasteiger partial charge in [-0.2, -0.15) is 0 Å². The summed E-state index contributed by atoms with van der Waals surface area (Å²) in [4.78, 5) is 28.5. The van der Waals surface area contributed by atoms with Gasteiger partial charge in [-0.3, -0.25) is 9.59 Å². The molecule has 6 heteroatoms. The smallest absolute Gasteiger partial charge is 0.243 e. The molecule has 1 aliphatic heterocycles. The van der Waals surface area contributed by atoms with Gasteiger partial charge in [0.15, 0.2) is 0 Å². The molecular weight excluding hydrogens is 322 g/mol. The summed E-state index contributed by atoms with van der Waals surface area (Å²) < 4.78 is 0. The Hall–Kier alpha value is -1.53. The molecule has 5 nitrogen and oxygen atoms in total. The van der Waals surface area contributed by atoms with Gasteiger partial charge in [-0.25, -0.2) is 0 Å². The molecule has 0 unspecified atom stereocenters. The van der Waals surface area contributed by atoms with Crippen molar-refractivity contribution in [3.05, 3.63) is 35.9 Å². The second-order valence-corrected chi connectivity index (χ2v) is 7.35. The van der Waals surface area contributed by atoms with Crippen LogP contribution in [0.1, 0.15) is 31.9 Å². The molecule has 0 bridgehead atoms. The highest BCUT2D eigenvalue weighted by Crippen LogP contribution is 2.24. The van der Waals surface area contributed by atoms with Gasteiger partial charge in [-0.1, -0.05) is 37.3 Å². The molecule has 132 valence electrons. The number of thioether (sulfide) groups is 1. The van der Waals surface area contributed by atoms with Crippen LogP contribution in [-0.4, -0.2) is 59.4 Å². The van der Waals surface area contributed by atoms with E-state index in [9.17, 15) is 9.59 Å². The van der Waals surface area contributed by atoms with Crippen LogP contribution in [-0.2, 0) is 9.59 Å². The minimum absolute atomic E-state index is 0.0417.